The van der Waals surface area contributed by atoms with E-state index in [2.05, 4.69) is 5.32 Å². The summed E-state index contributed by atoms with van der Waals surface area (Å²) in [5, 5.41) is 4.80. The Morgan fingerprint density at radius 2 is 2.05 bits per heavy atom. The molecule has 0 atom stereocenters. The Morgan fingerprint density at radius 1 is 1.23 bits per heavy atom. The van der Waals surface area contributed by atoms with Gasteiger partial charge in [-0.05, 0) is 43.5 Å². The van der Waals surface area contributed by atoms with Crippen LogP contribution in [0, 0.1) is 0 Å². The number of benzene rings is 1. The van der Waals surface area contributed by atoms with Gasteiger partial charge in [0, 0.05) is 17.0 Å². The van der Waals surface area contributed by atoms with Crippen molar-refractivity contribution in [2.75, 3.05) is 18.5 Å². The van der Waals surface area contributed by atoms with E-state index in [4.69, 9.17) is 9.47 Å². The van der Waals surface area contributed by atoms with Gasteiger partial charge >= 0.3 is 0 Å². The number of ether oxygens (including phenoxy) is 2. The van der Waals surface area contributed by atoms with Crippen LogP contribution in [0.5, 0.6) is 11.5 Å². The van der Waals surface area contributed by atoms with Gasteiger partial charge in [-0.25, -0.2) is 0 Å². The van der Waals surface area contributed by atoms with E-state index < -0.39 is 0 Å². The number of carbonyl (C=O) groups excluding carboxylic acids is 1. The molecule has 5 heteroatoms. The van der Waals surface area contributed by atoms with Gasteiger partial charge in [-0.15, -0.1) is 11.3 Å². The molecule has 0 radical (unpaired) electrons. The summed E-state index contributed by atoms with van der Waals surface area (Å²) in [7, 11) is 0. The normalized spacial score (nSPS) is 10.6. The van der Waals surface area contributed by atoms with Gasteiger partial charge in [0.15, 0.2) is 0 Å². The maximum atomic E-state index is 12.0. The first-order valence-corrected chi connectivity index (χ1v) is 8.03. The van der Waals surface area contributed by atoms with Crippen LogP contribution in [0.2, 0.25) is 0 Å². The summed E-state index contributed by atoms with van der Waals surface area (Å²) in [6, 6.07) is 9.29. The predicted molar refractivity (Wildman–Crippen MR) is 90.8 cm³/mol. The molecule has 0 saturated heterocycles. The summed E-state index contributed by atoms with van der Waals surface area (Å²) in [6.45, 7) is 4.92. The number of amides is 1. The molecule has 0 unspecified atom stereocenters. The average Bonchev–Trinajstić information content (AvgIpc) is 3.02. The molecule has 4 nitrogen and oxygen atoms in total. The first-order valence-electron chi connectivity index (χ1n) is 7.15. The predicted octanol–water partition coefficient (Wildman–Crippen LogP) is 4.20. The fourth-order valence-electron chi connectivity index (χ4n) is 1.86. The van der Waals surface area contributed by atoms with Crippen molar-refractivity contribution in [2.45, 2.75) is 13.8 Å². The summed E-state index contributed by atoms with van der Waals surface area (Å²) in [5.74, 6) is 1.12. The summed E-state index contributed by atoms with van der Waals surface area (Å²) in [5.41, 5.74) is 0.605. The highest BCUT2D eigenvalue weighted by atomic mass is 32.1. The maximum absolute atomic E-state index is 12.0. The molecule has 1 heterocycles. The number of anilines is 1. The molecule has 0 spiro atoms. The second-order valence-corrected chi connectivity index (χ2v) is 5.34. The van der Waals surface area contributed by atoms with Gasteiger partial charge in [-0.1, -0.05) is 6.07 Å². The number of rotatable bonds is 7. The Labute approximate surface area is 134 Å². The Balaban J connectivity index is 2.11. The second kappa shape index (κ2) is 8.24. The van der Waals surface area contributed by atoms with Crippen molar-refractivity contribution in [2.24, 2.45) is 0 Å². The van der Waals surface area contributed by atoms with Crippen molar-refractivity contribution >= 4 is 29.0 Å². The van der Waals surface area contributed by atoms with Crippen molar-refractivity contribution in [3.8, 4) is 11.5 Å². The first kappa shape index (κ1) is 16.1. The van der Waals surface area contributed by atoms with E-state index in [9.17, 15) is 4.79 Å². The molecule has 0 fully saturated rings. The molecule has 0 saturated carbocycles. The maximum Gasteiger partial charge on any atom is 0.248 e. The van der Waals surface area contributed by atoms with Crippen LogP contribution in [0.15, 0.2) is 41.8 Å². The highest BCUT2D eigenvalue weighted by Crippen LogP contribution is 2.29. The van der Waals surface area contributed by atoms with E-state index in [1.165, 1.54) is 6.08 Å². The third-order valence-corrected chi connectivity index (χ3v) is 3.60. The van der Waals surface area contributed by atoms with Crippen molar-refractivity contribution in [3.63, 3.8) is 0 Å². The van der Waals surface area contributed by atoms with Gasteiger partial charge in [0.25, 0.3) is 0 Å². The third-order valence-electron chi connectivity index (χ3n) is 2.76. The van der Waals surface area contributed by atoms with Gasteiger partial charge in [0.1, 0.15) is 11.5 Å². The zero-order valence-corrected chi connectivity index (χ0v) is 13.5. The van der Waals surface area contributed by atoms with Crippen LogP contribution in [-0.4, -0.2) is 19.1 Å². The molecule has 2 rings (SSSR count). The van der Waals surface area contributed by atoms with Gasteiger partial charge in [-0.2, -0.15) is 0 Å². The molecule has 2 aromatic rings. The largest absolute Gasteiger partial charge is 0.494 e. The van der Waals surface area contributed by atoms with Gasteiger partial charge in [0.05, 0.1) is 18.9 Å². The molecule has 1 aromatic carbocycles. The van der Waals surface area contributed by atoms with Crippen molar-refractivity contribution in [1.82, 2.24) is 0 Å². The fraction of sp³-hybridized carbons (Fsp3) is 0.235. The van der Waals surface area contributed by atoms with E-state index in [0.29, 0.717) is 30.4 Å². The Morgan fingerprint density at radius 3 is 2.73 bits per heavy atom. The number of thiophene rings is 1. The molecular formula is C17H19NO3S. The molecule has 0 aliphatic carbocycles. The van der Waals surface area contributed by atoms with Crippen LogP contribution in [0.25, 0.3) is 6.08 Å². The van der Waals surface area contributed by atoms with Crippen LogP contribution in [-0.2, 0) is 4.79 Å². The molecule has 0 bridgehead atoms. The minimum Gasteiger partial charge on any atom is -0.494 e. The molecule has 0 aliphatic rings. The molecular weight excluding hydrogens is 298 g/mol. The summed E-state index contributed by atoms with van der Waals surface area (Å²) < 4.78 is 11.0. The Hall–Kier alpha value is -2.27. The summed E-state index contributed by atoms with van der Waals surface area (Å²) in [6.07, 6.45) is 3.29. The third kappa shape index (κ3) is 4.63. The molecule has 1 aromatic heterocycles. The fourth-order valence-corrected chi connectivity index (χ4v) is 2.48. The van der Waals surface area contributed by atoms with Crippen LogP contribution < -0.4 is 14.8 Å². The SMILES string of the molecule is CCOc1ccc(OCC)c(NC(=O)/C=C/c2cccs2)c1. The van der Waals surface area contributed by atoms with Crippen LogP contribution in [0.3, 0.4) is 0 Å². The number of nitrogens with one attached hydrogen (secondary N) is 1. The number of hydrogen-bond acceptors (Lipinski definition) is 4. The quantitative estimate of drug-likeness (QED) is 0.779. The highest BCUT2D eigenvalue weighted by Gasteiger charge is 2.08. The smallest absolute Gasteiger partial charge is 0.248 e. The van der Waals surface area contributed by atoms with Crippen molar-refractivity contribution in [1.29, 1.82) is 0 Å². The van der Waals surface area contributed by atoms with Gasteiger partial charge in [0.2, 0.25) is 5.91 Å². The Kier molecular flexibility index (Phi) is 6.03. The lowest BCUT2D eigenvalue weighted by atomic mass is 10.2. The molecule has 0 aliphatic heterocycles. The first-order chi connectivity index (χ1) is 10.7. The van der Waals surface area contributed by atoms with Gasteiger partial charge < -0.3 is 14.8 Å². The molecule has 116 valence electrons. The summed E-state index contributed by atoms with van der Waals surface area (Å²) >= 11 is 1.58. The summed E-state index contributed by atoms with van der Waals surface area (Å²) in [4.78, 5) is 13.1. The number of hydrogen-bond donors (Lipinski definition) is 1. The zero-order chi connectivity index (χ0) is 15.8. The van der Waals surface area contributed by atoms with Gasteiger partial charge in [-0.3, -0.25) is 4.79 Å². The molecule has 1 amide bonds. The molecule has 22 heavy (non-hydrogen) atoms. The monoisotopic (exact) mass is 317 g/mol. The minimum absolute atomic E-state index is 0.206. The zero-order valence-electron chi connectivity index (χ0n) is 12.7. The highest BCUT2D eigenvalue weighted by molar-refractivity contribution is 7.10. The number of carbonyl (C=O) groups is 1. The van der Waals surface area contributed by atoms with Crippen LogP contribution in [0.4, 0.5) is 5.69 Å². The Bertz CT molecular complexity index is 635. The lowest BCUT2D eigenvalue weighted by molar-refractivity contribution is -0.111. The van der Waals surface area contributed by atoms with E-state index in [-0.39, 0.29) is 5.91 Å². The minimum atomic E-state index is -0.206. The van der Waals surface area contributed by atoms with Crippen molar-refractivity contribution in [3.05, 3.63) is 46.7 Å². The second-order valence-electron chi connectivity index (χ2n) is 4.36. The lowest BCUT2D eigenvalue weighted by Crippen LogP contribution is -2.09. The van der Waals surface area contributed by atoms with Crippen LogP contribution in [0.1, 0.15) is 18.7 Å². The van der Waals surface area contributed by atoms with E-state index in [1.54, 1.807) is 29.5 Å². The van der Waals surface area contributed by atoms with E-state index >= 15 is 0 Å². The molecule has 1 N–H and O–H groups in total. The van der Waals surface area contributed by atoms with E-state index in [1.807, 2.05) is 37.4 Å². The average molecular weight is 317 g/mol. The lowest BCUT2D eigenvalue weighted by Gasteiger charge is -2.12. The van der Waals surface area contributed by atoms with E-state index in [0.717, 1.165) is 4.88 Å². The van der Waals surface area contributed by atoms with Crippen LogP contribution >= 0.6 is 11.3 Å². The van der Waals surface area contributed by atoms with Crippen molar-refractivity contribution < 1.29 is 14.3 Å². The standard InChI is InChI=1S/C17H19NO3S/c1-3-20-13-7-9-16(21-4-2)15(12-13)18-17(19)10-8-14-6-5-11-22-14/h5-12H,3-4H2,1-2H3,(H,18,19)/b10-8+. The topological polar surface area (TPSA) is 47.6 Å².